The van der Waals surface area contributed by atoms with Gasteiger partial charge in [0.1, 0.15) is 5.75 Å². The lowest BCUT2D eigenvalue weighted by atomic mass is 10.1. The van der Waals surface area contributed by atoms with E-state index in [9.17, 15) is 22.8 Å². The molecule has 3 rings (SSSR count). The molecule has 0 saturated heterocycles. The van der Waals surface area contributed by atoms with Crippen molar-refractivity contribution in [1.29, 1.82) is 0 Å². The maximum absolute atomic E-state index is 12.5. The smallest absolute Gasteiger partial charge is 0.337 e. The summed E-state index contributed by atoms with van der Waals surface area (Å²) in [6, 6.07) is 15.6. The quantitative estimate of drug-likeness (QED) is 0.398. The van der Waals surface area contributed by atoms with E-state index in [-0.39, 0.29) is 27.5 Å². The highest BCUT2D eigenvalue weighted by molar-refractivity contribution is 7.92. The Bertz CT molecular complexity index is 1340. The number of rotatable bonds is 9. The van der Waals surface area contributed by atoms with Gasteiger partial charge in [0.2, 0.25) is 0 Å². The fraction of sp³-hybridized carbons (Fsp3) is 0.125. The maximum Gasteiger partial charge on any atom is 0.337 e. The number of nitrogens with one attached hydrogen (secondary N) is 2. The van der Waals surface area contributed by atoms with E-state index in [2.05, 4.69) is 19.5 Å². The van der Waals surface area contributed by atoms with Gasteiger partial charge in [-0.3, -0.25) is 9.52 Å². The fourth-order valence-electron chi connectivity index (χ4n) is 2.96. The Morgan fingerprint density at radius 3 is 1.89 bits per heavy atom. The van der Waals surface area contributed by atoms with Gasteiger partial charge in [0.25, 0.3) is 15.9 Å². The van der Waals surface area contributed by atoms with Gasteiger partial charge in [0.15, 0.2) is 6.61 Å². The lowest BCUT2D eigenvalue weighted by molar-refractivity contribution is -0.118. The summed E-state index contributed by atoms with van der Waals surface area (Å²) in [5.74, 6) is -1.75. The van der Waals surface area contributed by atoms with Gasteiger partial charge in [0, 0.05) is 16.4 Å². The fourth-order valence-corrected chi connectivity index (χ4v) is 4.15. The van der Waals surface area contributed by atoms with Crippen LogP contribution in [-0.2, 0) is 24.3 Å². The van der Waals surface area contributed by atoms with E-state index in [4.69, 9.17) is 16.3 Å². The Hall–Kier alpha value is -4.09. The number of esters is 2. The van der Waals surface area contributed by atoms with Crippen molar-refractivity contribution in [3.05, 3.63) is 82.9 Å². The molecule has 0 aliphatic rings. The van der Waals surface area contributed by atoms with Gasteiger partial charge in [-0.25, -0.2) is 18.0 Å². The van der Waals surface area contributed by atoms with Gasteiger partial charge in [0.05, 0.1) is 30.2 Å². The average molecular weight is 533 g/mol. The average Bonchev–Trinajstić information content (AvgIpc) is 2.87. The SMILES string of the molecule is COC(=O)c1cc(NC(=O)COc2ccc(S(=O)(=O)Nc3ccc(Cl)cc3)cc2)cc(C(=O)OC)c1. The summed E-state index contributed by atoms with van der Waals surface area (Å²) in [5, 5.41) is 3.00. The summed E-state index contributed by atoms with van der Waals surface area (Å²) in [5.41, 5.74) is 0.589. The van der Waals surface area contributed by atoms with Crippen LogP contribution in [0, 0.1) is 0 Å². The largest absolute Gasteiger partial charge is 0.484 e. The highest BCUT2D eigenvalue weighted by Crippen LogP contribution is 2.21. The molecular weight excluding hydrogens is 512 g/mol. The first kappa shape index (κ1) is 26.5. The highest BCUT2D eigenvalue weighted by atomic mass is 35.5. The lowest BCUT2D eigenvalue weighted by Crippen LogP contribution is -2.21. The molecule has 0 aliphatic carbocycles. The van der Waals surface area contributed by atoms with Crippen LogP contribution in [0.5, 0.6) is 5.75 Å². The molecule has 3 aromatic rings. The molecule has 0 saturated carbocycles. The summed E-state index contributed by atoms with van der Waals surface area (Å²) in [6.45, 7) is -0.425. The second kappa shape index (κ2) is 11.6. The molecule has 0 bridgehead atoms. The molecular formula is C24H21ClN2O8S. The summed E-state index contributed by atoms with van der Waals surface area (Å²) in [4.78, 5) is 36.1. The van der Waals surface area contributed by atoms with Gasteiger partial charge < -0.3 is 19.5 Å². The molecule has 0 spiro atoms. The van der Waals surface area contributed by atoms with Crippen molar-refractivity contribution >= 4 is 50.8 Å². The second-order valence-electron chi connectivity index (χ2n) is 7.20. The summed E-state index contributed by atoms with van der Waals surface area (Å²) >= 11 is 5.81. The molecule has 0 atom stereocenters. The number of carbonyl (C=O) groups excluding carboxylic acids is 3. The predicted octanol–water partition coefficient (Wildman–Crippen LogP) is 3.73. The van der Waals surface area contributed by atoms with E-state index in [0.717, 1.165) is 0 Å². The highest BCUT2D eigenvalue weighted by Gasteiger charge is 2.16. The molecule has 12 heteroatoms. The molecule has 0 radical (unpaired) electrons. The Kier molecular flexibility index (Phi) is 8.51. The third-order valence-electron chi connectivity index (χ3n) is 4.66. The van der Waals surface area contributed by atoms with E-state index in [0.29, 0.717) is 10.7 Å². The number of carbonyl (C=O) groups is 3. The van der Waals surface area contributed by atoms with E-state index in [1.165, 1.54) is 68.8 Å². The zero-order valence-corrected chi connectivity index (χ0v) is 20.7. The molecule has 1 amide bonds. The van der Waals surface area contributed by atoms with Crippen LogP contribution in [0.25, 0.3) is 0 Å². The van der Waals surface area contributed by atoms with Crippen LogP contribution in [0.1, 0.15) is 20.7 Å². The summed E-state index contributed by atoms with van der Waals surface area (Å²) in [6.07, 6.45) is 0. The molecule has 0 fully saturated rings. The Morgan fingerprint density at radius 1 is 0.806 bits per heavy atom. The van der Waals surface area contributed by atoms with Gasteiger partial charge in [-0.1, -0.05) is 11.6 Å². The molecule has 0 aliphatic heterocycles. The van der Waals surface area contributed by atoms with Crippen molar-refractivity contribution < 1.29 is 37.0 Å². The third kappa shape index (κ3) is 6.96. The van der Waals surface area contributed by atoms with Crippen molar-refractivity contribution in [2.75, 3.05) is 30.9 Å². The number of hydrogen-bond donors (Lipinski definition) is 2. The Morgan fingerprint density at radius 2 is 1.36 bits per heavy atom. The van der Waals surface area contributed by atoms with Crippen LogP contribution < -0.4 is 14.8 Å². The van der Waals surface area contributed by atoms with Gasteiger partial charge >= 0.3 is 11.9 Å². The minimum Gasteiger partial charge on any atom is -0.484 e. The standard InChI is InChI=1S/C24H21ClN2O8S/c1-33-23(29)15-11-16(24(30)34-2)13-19(12-15)26-22(28)14-35-20-7-9-21(10-8-20)36(31,32)27-18-5-3-17(25)4-6-18/h3-13,27H,14H2,1-2H3,(H,26,28). The van der Waals surface area contributed by atoms with Crippen molar-refractivity contribution in [3.63, 3.8) is 0 Å². The number of anilines is 2. The molecule has 0 heterocycles. The number of sulfonamides is 1. The van der Waals surface area contributed by atoms with Crippen LogP contribution in [0.15, 0.2) is 71.6 Å². The monoisotopic (exact) mass is 532 g/mol. The van der Waals surface area contributed by atoms with Crippen molar-refractivity contribution in [2.45, 2.75) is 4.90 Å². The summed E-state index contributed by atoms with van der Waals surface area (Å²) in [7, 11) is -1.48. The van der Waals surface area contributed by atoms with Crippen LogP contribution in [0.3, 0.4) is 0 Å². The predicted molar refractivity (Wildman–Crippen MR) is 132 cm³/mol. The van der Waals surface area contributed by atoms with Crippen LogP contribution in [-0.4, -0.2) is 47.1 Å². The van der Waals surface area contributed by atoms with E-state index in [1.54, 1.807) is 12.1 Å². The topological polar surface area (TPSA) is 137 Å². The number of methoxy groups -OCH3 is 2. The van der Waals surface area contributed by atoms with E-state index in [1.807, 2.05) is 0 Å². The molecule has 36 heavy (non-hydrogen) atoms. The van der Waals surface area contributed by atoms with E-state index >= 15 is 0 Å². The van der Waals surface area contributed by atoms with Gasteiger partial charge in [-0.05, 0) is 66.7 Å². The zero-order chi connectivity index (χ0) is 26.3. The first-order chi connectivity index (χ1) is 17.1. The second-order valence-corrected chi connectivity index (χ2v) is 9.32. The minimum atomic E-state index is -3.85. The van der Waals surface area contributed by atoms with Gasteiger partial charge in [-0.15, -0.1) is 0 Å². The van der Waals surface area contributed by atoms with Gasteiger partial charge in [-0.2, -0.15) is 0 Å². The number of amides is 1. The van der Waals surface area contributed by atoms with Crippen molar-refractivity contribution in [2.24, 2.45) is 0 Å². The zero-order valence-electron chi connectivity index (χ0n) is 19.1. The number of ether oxygens (including phenoxy) is 3. The lowest BCUT2D eigenvalue weighted by Gasteiger charge is -2.11. The molecule has 0 aromatic heterocycles. The minimum absolute atomic E-state index is 0.00998. The number of hydrogen-bond acceptors (Lipinski definition) is 8. The summed E-state index contributed by atoms with van der Waals surface area (Å²) < 4.78 is 42.3. The van der Waals surface area contributed by atoms with E-state index < -0.39 is 34.5 Å². The van der Waals surface area contributed by atoms with Crippen LogP contribution in [0.4, 0.5) is 11.4 Å². The molecule has 2 N–H and O–H groups in total. The molecule has 3 aromatic carbocycles. The Labute approximate surface area is 212 Å². The number of halogens is 1. The van der Waals surface area contributed by atoms with Crippen LogP contribution >= 0.6 is 11.6 Å². The molecule has 0 unspecified atom stereocenters. The normalized spacial score (nSPS) is 10.8. The molecule has 10 nitrogen and oxygen atoms in total. The maximum atomic E-state index is 12.5. The Balaban J connectivity index is 1.63. The third-order valence-corrected chi connectivity index (χ3v) is 6.31. The first-order valence-corrected chi connectivity index (χ1v) is 12.1. The molecule has 188 valence electrons. The number of benzene rings is 3. The van der Waals surface area contributed by atoms with Crippen molar-refractivity contribution in [1.82, 2.24) is 0 Å². The first-order valence-electron chi connectivity index (χ1n) is 10.2. The van der Waals surface area contributed by atoms with Crippen molar-refractivity contribution in [3.8, 4) is 5.75 Å². The van der Waals surface area contributed by atoms with Crippen LogP contribution in [0.2, 0.25) is 5.02 Å².